The van der Waals surface area contributed by atoms with E-state index in [0.717, 1.165) is 113 Å². The van der Waals surface area contributed by atoms with Gasteiger partial charge in [-0.05, 0) is 87.2 Å². The van der Waals surface area contributed by atoms with E-state index < -0.39 is 0 Å². The zero-order chi connectivity index (χ0) is 38.8. The minimum absolute atomic E-state index is 0.0950. The summed E-state index contributed by atoms with van der Waals surface area (Å²) in [5, 5.41) is 11.4. The Morgan fingerprint density at radius 2 is 1.37 bits per heavy atom. The Bertz CT molecular complexity index is 2900. The van der Waals surface area contributed by atoms with Gasteiger partial charge in [-0.25, -0.2) is 19.9 Å². The number of carbonyl (C=O) groups is 2. The Morgan fingerprint density at radius 1 is 0.737 bits per heavy atom. The summed E-state index contributed by atoms with van der Waals surface area (Å²) in [7, 11) is 1.64. The first-order chi connectivity index (χ1) is 27.9. The highest BCUT2D eigenvalue weighted by Gasteiger charge is 2.27. The molecule has 288 valence electrons. The van der Waals surface area contributed by atoms with Gasteiger partial charge in [0.25, 0.3) is 11.8 Å². The number of carbonyl (C=O) groups excluding carboxylic acids is 2. The molecule has 2 saturated heterocycles. The molecule has 2 aliphatic heterocycles. The van der Waals surface area contributed by atoms with E-state index in [0.29, 0.717) is 29.0 Å². The van der Waals surface area contributed by atoms with Crippen molar-refractivity contribution < 1.29 is 9.59 Å². The Labute approximate surface area is 328 Å². The molecule has 2 atom stereocenters. The molecule has 8 heterocycles. The van der Waals surface area contributed by atoms with Crippen molar-refractivity contribution in [2.45, 2.75) is 44.7 Å². The molecular formula is C43H44N12O2. The molecule has 5 N–H and O–H groups in total. The third-order valence-electron chi connectivity index (χ3n) is 11.6. The Morgan fingerprint density at radius 3 is 2.05 bits per heavy atom. The molecule has 2 amide bonds. The van der Waals surface area contributed by atoms with Crippen LogP contribution < -0.4 is 31.5 Å². The van der Waals surface area contributed by atoms with E-state index >= 15 is 0 Å². The summed E-state index contributed by atoms with van der Waals surface area (Å²) in [5.41, 5.74) is 16.5. The van der Waals surface area contributed by atoms with Crippen LogP contribution >= 0.6 is 0 Å². The lowest BCUT2D eigenvalue weighted by Gasteiger charge is -2.36. The molecule has 0 spiro atoms. The minimum atomic E-state index is -0.202. The van der Waals surface area contributed by atoms with E-state index in [1.165, 1.54) is 0 Å². The average molecular weight is 761 g/mol. The van der Waals surface area contributed by atoms with Crippen molar-refractivity contribution in [2.75, 3.05) is 54.9 Å². The maximum absolute atomic E-state index is 13.5. The summed E-state index contributed by atoms with van der Waals surface area (Å²) < 4.78 is 4.04. The summed E-state index contributed by atoms with van der Waals surface area (Å²) >= 11 is 0. The Balaban J connectivity index is 1.03. The fourth-order valence-corrected chi connectivity index (χ4v) is 8.99. The topological polar surface area (TPSA) is 163 Å². The van der Waals surface area contributed by atoms with Crippen LogP contribution in [0.25, 0.3) is 55.4 Å². The third-order valence-corrected chi connectivity index (χ3v) is 11.6. The van der Waals surface area contributed by atoms with E-state index in [2.05, 4.69) is 43.9 Å². The van der Waals surface area contributed by atoms with Crippen molar-refractivity contribution in [2.24, 2.45) is 5.73 Å². The smallest absolute Gasteiger partial charge is 0.255 e. The van der Waals surface area contributed by atoms with Crippen molar-refractivity contribution in [3.63, 3.8) is 0 Å². The molecule has 0 bridgehead atoms. The van der Waals surface area contributed by atoms with Crippen LogP contribution in [-0.4, -0.2) is 92.4 Å². The van der Waals surface area contributed by atoms with Gasteiger partial charge < -0.3 is 31.5 Å². The van der Waals surface area contributed by atoms with Crippen molar-refractivity contribution >= 4 is 84.3 Å². The predicted octanol–water partition coefficient (Wildman–Crippen LogP) is 5.50. The summed E-state index contributed by atoms with van der Waals surface area (Å²) in [6.45, 7) is 5.69. The zero-order valence-electron chi connectivity index (χ0n) is 32.0. The molecule has 0 radical (unpaired) electrons. The van der Waals surface area contributed by atoms with E-state index in [9.17, 15) is 9.59 Å². The van der Waals surface area contributed by atoms with Gasteiger partial charge >= 0.3 is 0 Å². The molecule has 10 rings (SSSR count). The number of benzene rings is 2. The highest BCUT2D eigenvalue weighted by atomic mass is 16.2. The van der Waals surface area contributed by atoms with E-state index in [4.69, 9.17) is 25.7 Å². The van der Waals surface area contributed by atoms with Gasteiger partial charge in [-0.15, -0.1) is 0 Å². The Hall–Kier alpha value is -6.54. The van der Waals surface area contributed by atoms with Crippen LogP contribution in [0.1, 0.15) is 53.3 Å². The fraction of sp³-hybridized carbons (Fsp3) is 0.302. The first-order valence-electron chi connectivity index (χ1n) is 19.8. The average Bonchev–Trinajstić information content (AvgIpc) is 3.82. The van der Waals surface area contributed by atoms with Gasteiger partial charge in [-0.2, -0.15) is 0 Å². The number of amides is 2. The van der Waals surface area contributed by atoms with Gasteiger partial charge in [-0.1, -0.05) is 12.1 Å². The molecule has 57 heavy (non-hydrogen) atoms. The number of para-hydroxylation sites is 2. The number of nitrogens with zero attached hydrogens (tertiary/aromatic N) is 8. The van der Waals surface area contributed by atoms with Crippen LogP contribution in [0.2, 0.25) is 0 Å². The molecule has 2 aliphatic rings. The molecule has 14 nitrogen and oxygen atoms in total. The van der Waals surface area contributed by atoms with Crippen LogP contribution in [-0.2, 0) is 0 Å². The monoisotopic (exact) mass is 760 g/mol. The van der Waals surface area contributed by atoms with Gasteiger partial charge in [0, 0.05) is 92.1 Å². The van der Waals surface area contributed by atoms with E-state index in [1.54, 1.807) is 7.05 Å². The molecule has 6 aromatic heterocycles. The van der Waals surface area contributed by atoms with Crippen molar-refractivity contribution in [3.05, 3.63) is 90.3 Å². The Kier molecular flexibility index (Phi) is 8.51. The minimum Gasteiger partial charge on any atom is -0.380 e. The normalized spacial score (nSPS) is 17.7. The molecule has 0 aliphatic carbocycles. The molecule has 2 fully saturated rings. The lowest BCUT2D eigenvalue weighted by Crippen LogP contribution is -2.43. The number of fused-ring (bicyclic) bond motifs is 10. The number of nitrogens with two attached hydrogens (primary N) is 1. The van der Waals surface area contributed by atoms with Gasteiger partial charge in [-0.3, -0.25) is 18.4 Å². The zero-order valence-corrected chi connectivity index (χ0v) is 32.0. The maximum atomic E-state index is 13.5. The van der Waals surface area contributed by atoms with Crippen LogP contribution in [0.5, 0.6) is 0 Å². The van der Waals surface area contributed by atoms with Crippen LogP contribution in [0.3, 0.4) is 0 Å². The summed E-state index contributed by atoms with van der Waals surface area (Å²) in [4.78, 5) is 51.1. The molecule has 2 aromatic carbocycles. The maximum Gasteiger partial charge on any atom is 0.255 e. The van der Waals surface area contributed by atoms with Crippen molar-refractivity contribution in [3.8, 4) is 0 Å². The number of imidazole rings is 2. The molecule has 0 saturated carbocycles. The summed E-state index contributed by atoms with van der Waals surface area (Å²) in [6.07, 6.45) is 7.66. The van der Waals surface area contributed by atoms with Gasteiger partial charge in [0.05, 0.1) is 33.2 Å². The van der Waals surface area contributed by atoms with Gasteiger partial charge in [0.2, 0.25) is 0 Å². The first-order valence-corrected chi connectivity index (χ1v) is 19.8. The highest BCUT2D eigenvalue weighted by molar-refractivity contribution is 6.09. The largest absolute Gasteiger partial charge is 0.380 e. The second kappa shape index (κ2) is 13.9. The van der Waals surface area contributed by atoms with Gasteiger partial charge in [0.15, 0.2) is 11.3 Å². The fourth-order valence-electron chi connectivity index (χ4n) is 8.99. The van der Waals surface area contributed by atoms with E-state index in [1.807, 2.05) is 76.6 Å². The van der Waals surface area contributed by atoms with E-state index in [-0.39, 0.29) is 23.9 Å². The lowest BCUT2D eigenvalue weighted by molar-refractivity contribution is 0.0951. The van der Waals surface area contributed by atoms with Crippen molar-refractivity contribution in [1.29, 1.82) is 0 Å². The molecular weight excluding hydrogens is 717 g/mol. The number of nitrogens with one attached hydrogen (secondary N) is 3. The number of pyridine rings is 4. The quantitative estimate of drug-likeness (QED) is 0.163. The van der Waals surface area contributed by atoms with Gasteiger partial charge in [0.1, 0.15) is 11.3 Å². The number of anilines is 3. The number of hydrogen-bond donors (Lipinski definition) is 4. The molecule has 14 heteroatoms. The molecule has 8 aromatic rings. The molecule has 0 unspecified atom stereocenters. The number of hydrogen-bond acceptors (Lipinski definition) is 10. The number of rotatable bonds is 7. The third kappa shape index (κ3) is 5.81. The predicted molar refractivity (Wildman–Crippen MR) is 226 cm³/mol. The second-order valence-electron chi connectivity index (χ2n) is 15.2. The first kappa shape index (κ1) is 34.9. The summed E-state index contributed by atoms with van der Waals surface area (Å²) in [6, 6.07) is 22.3. The lowest BCUT2D eigenvalue weighted by atomic mass is 10.0. The summed E-state index contributed by atoms with van der Waals surface area (Å²) in [5.74, 6) is -0.362. The van der Waals surface area contributed by atoms with Crippen LogP contribution in [0, 0.1) is 0 Å². The number of aromatic nitrogens is 6. The van der Waals surface area contributed by atoms with Crippen molar-refractivity contribution in [1.82, 2.24) is 39.4 Å². The second-order valence-corrected chi connectivity index (χ2v) is 15.2. The van der Waals surface area contributed by atoms with Crippen LogP contribution in [0.4, 0.5) is 17.1 Å². The SMILES string of the molecule is CCNC(=O)c1cc2c(N3CCC[C@@H](Nc4ccc5nc6c(C(=O)NC)cc7c(N8CCC[C@@H](N)C8)ccnc7n6c5c4)C3)ccnc2n2c1nc1ccccc12. The highest BCUT2D eigenvalue weighted by Crippen LogP contribution is 2.35. The standard InChI is InChI=1S/C43H44N12O2/c1-3-46-43(57)31-22-29-35(15-17-47-38(29)54-36-11-5-4-10-32(36)50-41(31)54)53-19-7-9-27(24-53)49-26-12-13-33-37(20-26)55-39-28(21-30(40(55)51-33)42(56)45-2)34(14-16-48-39)52-18-6-8-25(44)23-52/h4-5,10-17,20-22,25,27,49H,3,6-9,18-19,23-24,44H2,1-2H3,(H,45,56)(H,46,57)/t25-,27-/m1/s1. The number of piperidine rings is 2. The van der Waals surface area contributed by atoms with Crippen LogP contribution in [0.15, 0.2) is 79.1 Å².